The van der Waals surface area contributed by atoms with E-state index < -0.39 is 29.7 Å². The molecule has 0 heterocycles. The van der Waals surface area contributed by atoms with Gasteiger partial charge in [-0.2, -0.15) is 0 Å². The van der Waals surface area contributed by atoms with Crippen molar-refractivity contribution in [2.45, 2.75) is 12.8 Å². The molecule has 1 aliphatic rings. The van der Waals surface area contributed by atoms with Crippen molar-refractivity contribution in [1.82, 2.24) is 0 Å². The minimum Gasteiger partial charge on any atom is -0.481 e. The van der Waals surface area contributed by atoms with Gasteiger partial charge in [-0.05, 0) is 25.0 Å². The summed E-state index contributed by atoms with van der Waals surface area (Å²) in [6, 6.07) is 6.03. The molecule has 0 aromatic heterocycles. The number of amides is 1. The van der Waals surface area contributed by atoms with E-state index >= 15 is 0 Å². The minimum absolute atomic E-state index is 0.0240. The van der Waals surface area contributed by atoms with Gasteiger partial charge in [0.1, 0.15) is 0 Å². The SMILES string of the molecule is O=C(O)c1ccccc1NC(=O)[C@@H]1CC=CC[C@H]1C(=O)O. The van der Waals surface area contributed by atoms with Crippen molar-refractivity contribution >= 4 is 23.5 Å². The number of para-hydroxylation sites is 1. The van der Waals surface area contributed by atoms with Crippen molar-refractivity contribution in [3.8, 4) is 0 Å². The Morgan fingerprint density at radius 3 is 2.24 bits per heavy atom. The van der Waals surface area contributed by atoms with Crippen LogP contribution in [-0.4, -0.2) is 28.1 Å². The van der Waals surface area contributed by atoms with Gasteiger partial charge in [0.2, 0.25) is 5.91 Å². The lowest BCUT2D eigenvalue weighted by Gasteiger charge is -2.24. The molecule has 21 heavy (non-hydrogen) atoms. The number of allylic oxidation sites excluding steroid dienone is 2. The molecule has 1 aromatic carbocycles. The Morgan fingerprint density at radius 2 is 1.62 bits per heavy atom. The van der Waals surface area contributed by atoms with Crippen LogP contribution >= 0.6 is 0 Å². The fraction of sp³-hybridized carbons (Fsp3) is 0.267. The van der Waals surface area contributed by atoms with Crippen molar-refractivity contribution < 1.29 is 24.6 Å². The van der Waals surface area contributed by atoms with E-state index in [0.29, 0.717) is 12.8 Å². The molecule has 0 aliphatic heterocycles. The Balaban J connectivity index is 2.20. The summed E-state index contributed by atoms with van der Waals surface area (Å²) >= 11 is 0. The number of aromatic carboxylic acids is 1. The number of carboxylic acid groups (broad SMARTS) is 2. The van der Waals surface area contributed by atoms with Crippen LogP contribution in [0.3, 0.4) is 0 Å². The number of hydrogen-bond acceptors (Lipinski definition) is 3. The van der Waals surface area contributed by atoms with Crippen LogP contribution in [0.25, 0.3) is 0 Å². The summed E-state index contributed by atoms with van der Waals surface area (Å²) in [4.78, 5) is 34.5. The van der Waals surface area contributed by atoms with E-state index in [0.717, 1.165) is 0 Å². The summed E-state index contributed by atoms with van der Waals surface area (Å²) in [5, 5.41) is 20.8. The minimum atomic E-state index is -1.15. The highest BCUT2D eigenvalue weighted by Gasteiger charge is 2.34. The number of nitrogens with one attached hydrogen (secondary N) is 1. The molecule has 2 rings (SSSR count). The molecule has 1 amide bonds. The first-order chi connectivity index (χ1) is 10.0. The van der Waals surface area contributed by atoms with E-state index in [1.54, 1.807) is 24.3 Å². The normalized spacial score (nSPS) is 20.8. The summed E-state index contributed by atoms with van der Waals surface area (Å²) in [7, 11) is 0. The molecule has 1 aliphatic carbocycles. The number of carboxylic acids is 2. The van der Waals surface area contributed by atoms with Gasteiger partial charge < -0.3 is 15.5 Å². The predicted octanol–water partition coefficient (Wildman–Crippen LogP) is 1.99. The van der Waals surface area contributed by atoms with Crippen LogP contribution in [0.4, 0.5) is 5.69 Å². The third kappa shape index (κ3) is 3.28. The van der Waals surface area contributed by atoms with Crippen LogP contribution in [0.15, 0.2) is 36.4 Å². The number of aliphatic carboxylic acids is 1. The molecular weight excluding hydrogens is 274 g/mol. The fourth-order valence-corrected chi connectivity index (χ4v) is 2.38. The highest BCUT2D eigenvalue weighted by molar-refractivity contribution is 6.02. The van der Waals surface area contributed by atoms with E-state index in [2.05, 4.69) is 5.32 Å². The van der Waals surface area contributed by atoms with Gasteiger partial charge in [0.05, 0.1) is 23.1 Å². The summed E-state index contributed by atoms with van der Waals surface area (Å²) in [6.45, 7) is 0. The molecule has 3 N–H and O–H groups in total. The maximum atomic E-state index is 12.3. The maximum Gasteiger partial charge on any atom is 0.337 e. The summed E-state index contributed by atoms with van der Waals surface area (Å²) < 4.78 is 0. The summed E-state index contributed by atoms with van der Waals surface area (Å²) in [6.07, 6.45) is 4.15. The third-order valence-corrected chi connectivity index (χ3v) is 3.50. The lowest BCUT2D eigenvalue weighted by atomic mass is 9.82. The van der Waals surface area contributed by atoms with Gasteiger partial charge in [0.25, 0.3) is 0 Å². The highest BCUT2D eigenvalue weighted by Crippen LogP contribution is 2.27. The molecule has 0 spiro atoms. The molecule has 6 nitrogen and oxygen atoms in total. The zero-order chi connectivity index (χ0) is 15.4. The zero-order valence-corrected chi connectivity index (χ0v) is 11.2. The van der Waals surface area contributed by atoms with Gasteiger partial charge in [-0.25, -0.2) is 4.79 Å². The van der Waals surface area contributed by atoms with Crippen molar-refractivity contribution in [3.05, 3.63) is 42.0 Å². The van der Waals surface area contributed by atoms with Gasteiger partial charge in [0, 0.05) is 0 Å². The Hall–Kier alpha value is -2.63. The summed E-state index contributed by atoms with van der Waals surface area (Å²) in [5.41, 5.74) is 0.151. The average Bonchev–Trinajstić information content (AvgIpc) is 2.47. The first kappa shape index (κ1) is 14.8. The smallest absolute Gasteiger partial charge is 0.337 e. The van der Waals surface area contributed by atoms with Gasteiger partial charge >= 0.3 is 11.9 Å². The second-order valence-electron chi connectivity index (χ2n) is 4.83. The first-order valence-electron chi connectivity index (χ1n) is 6.51. The predicted molar refractivity (Wildman–Crippen MR) is 75.0 cm³/mol. The third-order valence-electron chi connectivity index (χ3n) is 3.50. The molecule has 1 aromatic rings. The maximum absolute atomic E-state index is 12.3. The van der Waals surface area contributed by atoms with Crippen LogP contribution in [0.5, 0.6) is 0 Å². The lowest BCUT2D eigenvalue weighted by Crippen LogP contribution is -2.35. The van der Waals surface area contributed by atoms with Gasteiger partial charge in [-0.15, -0.1) is 0 Å². The van der Waals surface area contributed by atoms with Gasteiger partial charge in [-0.3, -0.25) is 9.59 Å². The molecular formula is C15H15NO5. The van der Waals surface area contributed by atoms with Crippen LogP contribution < -0.4 is 5.32 Å². The number of carbonyl (C=O) groups excluding carboxylic acids is 1. The van der Waals surface area contributed by atoms with E-state index in [9.17, 15) is 14.4 Å². The number of hydrogen-bond donors (Lipinski definition) is 3. The Morgan fingerprint density at radius 1 is 1.00 bits per heavy atom. The average molecular weight is 289 g/mol. The number of anilines is 1. The van der Waals surface area contributed by atoms with Crippen LogP contribution in [0.2, 0.25) is 0 Å². The first-order valence-corrected chi connectivity index (χ1v) is 6.51. The Bertz CT molecular complexity index is 608. The largest absolute Gasteiger partial charge is 0.481 e. The number of rotatable bonds is 4. The monoisotopic (exact) mass is 289 g/mol. The van der Waals surface area contributed by atoms with Crippen molar-refractivity contribution in [3.63, 3.8) is 0 Å². The topological polar surface area (TPSA) is 104 Å². The Labute approximate surface area is 121 Å². The fourth-order valence-electron chi connectivity index (χ4n) is 2.38. The van der Waals surface area contributed by atoms with Crippen LogP contribution in [0, 0.1) is 11.8 Å². The van der Waals surface area contributed by atoms with Crippen molar-refractivity contribution in [2.24, 2.45) is 11.8 Å². The molecule has 0 saturated heterocycles. The lowest BCUT2D eigenvalue weighted by molar-refractivity contribution is -0.146. The standard InChI is InChI=1S/C15H15NO5/c17-13(9-5-1-2-6-10(9)14(18)19)16-12-8-4-3-7-11(12)15(20)21/h1-4,7-10H,5-6H2,(H,16,17)(H,18,19)(H,20,21)/t9-,10-/m1/s1. The Kier molecular flexibility index (Phi) is 4.37. The molecule has 0 saturated carbocycles. The van der Waals surface area contributed by atoms with E-state index in [4.69, 9.17) is 10.2 Å². The molecule has 110 valence electrons. The van der Waals surface area contributed by atoms with Crippen LogP contribution in [-0.2, 0) is 9.59 Å². The van der Waals surface area contributed by atoms with Crippen molar-refractivity contribution in [2.75, 3.05) is 5.32 Å². The highest BCUT2D eigenvalue weighted by atomic mass is 16.4. The molecule has 6 heteroatoms. The number of carbonyl (C=O) groups is 3. The zero-order valence-electron chi connectivity index (χ0n) is 11.2. The van der Waals surface area contributed by atoms with Crippen LogP contribution in [0.1, 0.15) is 23.2 Å². The molecule has 0 radical (unpaired) electrons. The van der Waals surface area contributed by atoms with Crippen molar-refractivity contribution in [1.29, 1.82) is 0 Å². The second kappa shape index (κ2) is 6.21. The second-order valence-corrected chi connectivity index (χ2v) is 4.83. The van der Waals surface area contributed by atoms with E-state index in [1.165, 1.54) is 12.1 Å². The molecule has 2 atom stereocenters. The summed E-state index contributed by atoms with van der Waals surface area (Å²) in [5.74, 6) is -4.13. The van der Waals surface area contributed by atoms with Gasteiger partial charge in [0.15, 0.2) is 0 Å². The van der Waals surface area contributed by atoms with E-state index in [-0.39, 0.29) is 11.3 Å². The molecule has 0 bridgehead atoms. The number of benzene rings is 1. The quantitative estimate of drug-likeness (QED) is 0.735. The molecule has 0 fully saturated rings. The van der Waals surface area contributed by atoms with E-state index in [1.807, 2.05) is 0 Å². The van der Waals surface area contributed by atoms with Gasteiger partial charge in [-0.1, -0.05) is 24.3 Å². The molecule has 0 unspecified atom stereocenters.